The zero-order chi connectivity index (χ0) is 24.0. The van der Waals surface area contributed by atoms with Gasteiger partial charge < -0.3 is 9.15 Å². The predicted octanol–water partition coefficient (Wildman–Crippen LogP) is 5.54. The number of aromatic nitrogens is 3. The lowest BCUT2D eigenvalue weighted by Crippen LogP contribution is -2.23. The van der Waals surface area contributed by atoms with Crippen LogP contribution in [-0.4, -0.2) is 27.4 Å². The average Bonchev–Trinajstić information content (AvgIpc) is 3.46. The smallest absolute Gasteiger partial charge is 0.416 e. The number of hydrogen-bond donors (Lipinski definition) is 0. The van der Waals surface area contributed by atoms with Crippen LogP contribution in [-0.2, 0) is 12.6 Å². The lowest BCUT2D eigenvalue weighted by molar-refractivity contribution is -0.137. The SMILES string of the molecule is CSc1nc(=O)n(-c2nc(-c3ccc4c(c3)OCC4)oc2-c2ccc(C(F)(F)F)cc2)cc1C. The van der Waals surface area contributed by atoms with Gasteiger partial charge in [0.15, 0.2) is 11.6 Å². The second-order valence-corrected chi connectivity index (χ2v) is 8.55. The molecule has 10 heteroatoms. The Morgan fingerprint density at radius 3 is 2.50 bits per heavy atom. The number of ether oxygens (including phenoxy) is 1. The van der Waals surface area contributed by atoms with Crippen molar-refractivity contribution in [2.75, 3.05) is 12.9 Å². The van der Waals surface area contributed by atoms with Gasteiger partial charge in [-0.2, -0.15) is 23.1 Å². The van der Waals surface area contributed by atoms with E-state index in [4.69, 9.17) is 9.15 Å². The van der Waals surface area contributed by atoms with Crippen molar-refractivity contribution in [3.63, 3.8) is 0 Å². The van der Waals surface area contributed by atoms with Gasteiger partial charge in [-0.1, -0.05) is 18.2 Å². The number of oxazole rings is 1. The van der Waals surface area contributed by atoms with Gasteiger partial charge in [0.25, 0.3) is 0 Å². The molecule has 1 aliphatic rings. The van der Waals surface area contributed by atoms with Crippen LogP contribution in [0.3, 0.4) is 0 Å². The highest BCUT2D eigenvalue weighted by Crippen LogP contribution is 2.37. The molecule has 0 radical (unpaired) electrons. The van der Waals surface area contributed by atoms with E-state index in [9.17, 15) is 18.0 Å². The molecule has 0 aliphatic carbocycles. The number of halogens is 3. The van der Waals surface area contributed by atoms with Gasteiger partial charge >= 0.3 is 11.9 Å². The fourth-order valence-corrected chi connectivity index (χ4v) is 4.33. The van der Waals surface area contributed by atoms with Crippen molar-refractivity contribution in [2.45, 2.75) is 24.5 Å². The number of alkyl halides is 3. The average molecular weight is 485 g/mol. The first-order chi connectivity index (χ1) is 16.2. The molecule has 2 aromatic heterocycles. The predicted molar refractivity (Wildman–Crippen MR) is 121 cm³/mol. The van der Waals surface area contributed by atoms with Crippen LogP contribution in [0.1, 0.15) is 16.7 Å². The van der Waals surface area contributed by atoms with E-state index in [0.29, 0.717) is 22.8 Å². The van der Waals surface area contributed by atoms with E-state index in [2.05, 4.69) is 9.97 Å². The second kappa shape index (κ2) is 8.35. The number of thioether (sulfide) groups is 1. The standard InChI is InChI=1S/C24H18F3N3O3S/c1-13-12-30(23(31)29-22(13)34-2)20-19(15-5-7-17(8-6-15)24(25,26)27)33-21(28-20)16-4-3-14-9-10-32-18(14)11-16/h3-8,11-12H,9-10H2,1-2H3. The summed E-state index contributed by atoms with van der Waals surface area (Å²) in [5, 5.41) is 0.580. The van der Waals surface area contributed by atoms with E-state index in [1.165, 1.54) is 28.5 Å². The van der Waals surface area contributed by atoms with Gasteiger partial charge in [0.1, 0.15) is 10.8 Å². The lowest BCUT2D eigenvalue weighted by atomic mass is 10.1. The maximum Gasteiger partial charge on any atom is 0.416 e. The zero-order valence-electron chi connectivity index (χ0n) is 18.1. The molecule has 0 bridgehead atoms. The van der Waals surface area contributed by atoms with Gasteiger partial charge in [-0.05, 0) is 48.6 Å². The van der Waals surface area contributed by atoms with Crippen LogP contribution in [0, 0.1) is 6.92 Å². The minimum Gasteiger partial charge on any atom is -0.493 e. The Bertz CT molecular complexity index is 1440. The summed E-state index contributed by atoms with van der Waals surface area (Å²) in [7, 11) is 0. The normalized spacial score (nSPS) is 13.1. The topological polar surface area (TPSA) is 70.2 Å². The summed E-state index contributed by atoms with van der Waals surface area (Å²) in [4.78, 5) is 21.5. The molecule has 0 saturated heterocycles. The number of benzene rings is 2. The van der Waals surface area contributed by atoms with E-state index in [0.717, 1.165) is 35.4 Å². The molecule has 4 aromatic rings. The van der Waals surface area contributed by atoms with Crippen molar-refractivity contribution in [2.24, 2.45) is 0 Å². The third kappa shape index (κ3) is 3.98. The number of fused-ring (bicyclic) bond motifs is 1. The van der Waals surface area contributed by atoms with Crippen molar-refractivity contribution < 1.29 is 22.3 Å². The van der Waals surface area contributed by atoms with Crippen LogP contribution >= 0.6 is 11.8 Å². The van der Waals surface area contributed by atoms with E-state index >= 15 is 0 Å². The number of rotatable bonds is 4. The lowest BCUT2D eigenvalue weighted by Gasteiger charge is -2.09. The molecule has 0 amide bonds. The molecule has 0 fully saturated rings. The summed E-state index contributed by atoms with van der Waals surface area (Å²) in [5.74, 6) is 1.24. The van der Waals surface area contributed by atoms with Gasteiger partial charge in [0.2, 0.25) is 5.89 Å². The molecule has 0 spiro atoms. The Balaban J connectivity index is 1.68. The first-order valence-corrected chi connectivity index (χ1v) is 11.6. The van der Waals surface area contributed by atoms with E-state index in [1.54, 1.807) is 12.3 Å². The Morgan fingerprint density at radius 1 is 1.06 bits per heavy atom. The summed E-state index contributed by atoms with van der Waals surface area (Å²) < 4.78 is 52.1. The van der Waals surface area contributed by atoms with Gasteiger partial charge in [0.05, 0.1) is 12.2 Å². The minimum absolute atomic E-state index is 0.143. The molecule has 0 N–H and O–H groups in total. The maximum absolute atomic E-state index is 13.1. The molecule has 1 aliphatic heterocycles. The molecule has 5 rings (SSSR count). The van der Waals surface area contributed by atoms with Crippen molar-refractivity contribution in [3.05, 3.63) is 75.8 Å². The highest BCUT2D eigenvalue weighted by atomic mass is 32.2. The quantitative estimate of drug-likeness (QED) is 0.279. The molecular weight excluding hydrogens is 467 g/mol. The fraction of sp³-hybridized carbons (Fsp3) is 0.208. The monoisotopic (exact) mass is 485 g/mol. The second-order valence-electron chi connectivity index (χ2n) is 7.75. The Kier molecular flexibility index (Phi) is 5.47. The first kappa shape index (κ1) is 22.3. The van der Waals surface area contributed by atoms with Crippen molar-refractivity contribution in [3.8, 4) is 34.3 Å². The summed E-state index contributed by atoms with van der Waals surface area (Å²) >= 11 is 1.34. The molecule has 3 heterocycles. The third-order valence-corrected chi connectivity index (χ3v) is 6.31. The minimum atomic E-state index is -4.47. The highest BCUT2D eigenvalue weighted by molar-refractivity contribution is 7.98. The van der Waals surface area contributed by atoms with Crippen molar-refractivity contribution in [1.82, 2.24) is 14.5 Å². The third-order valence-electron chi connectivity index (χ3n) is 5.51. The van der Waals surface area contributed by atoms with Gasteiger partial charge in [-0.15, -0.1) is 11.8 Å². The van der Waals surface area contributed by atoms with Crippen LogP contribution in [0.2, 0.25) is 0 Å². The van der Waals surface area contributed by atoms with Crippen LogP contribution in [0.4, 0.5) is 13.2 Å². The van der Waals surface area contributed by atoms with Gasteiger partial charge in [-0.25, -0.2) is 9.36 Å². The van der Waals surface area contributed by atoms with Crippen molar-refractivity contribution in [1.29, 1.82) is 0 Å². The molecular formula is C24H18F3N3O3S. The largest absolute Gasteiger partial charge is 0.493 e. The summed E-state index contributed by atoms with van der Waals surface area (Å²) in [6.07, 6.45) is -0.242. The van der Waals surface area contributed by atoms with E-state index in [1.807, 2.05) is 25.3 Å². The fourth-order valence-electron chi connectivity index (χ4n) is 3.79. The highest BCUT2D eigenvalue weighted by Gasteiger charge is 2.30. The summed E-state index contributed by atoms with van der Waals surface area (Å²) in [6, 6.07) is 10.1. The Hall–Kier alpha value is -3.53. The number of nitrogens with zero attached hydrogens (tertiary/aromatic N) is 3. The molecule has 0 saturated carbocycles. The van der Waals surface area contributed by atoms with Crippen LogP contribution in [0.15, 0.2) is 62.9 Å². The Labute approximate surface area is 196 Å². The van der Waals surface area contributed by atoms with Gasteiger partial charge in [-0.3, -0.25) is 0 Å². The Morgan fingerprint density at radius 2 is 1.79 bits per heavy atom. The molecule has 6 nitrogen and oxygen atoms in total. The van der Waals surface area contributed by atoms with Crippen molar-refractivity contribution >= 4 is 11.8 Å². The molecule has 2 aromatic carbocycles. The van der Waals surface area contributed by atoms with Crippen LogP contribution in [0.25, 0.3) is 28.6 Å². The number of aryl methyl sites for hydroxylation is 1. The number of hydrogen-bond acceptors (Lipinski definition) is 6. The molecule has 34 heavy (non-hydrogen) atoms. The van der Waals surface area contributed by atoms with Crippen LogP contribution in [0.5, 0.6) is 5.75 Å². The van der Waals surface area contributed by atoms with Crippen LogP contribution < -0.4 is 10.4 Å². The molecule has 0 unspecified atom stereocenters. The zero-order valence-corrected chi connectivity index (χ0v) is 19.0. The van der Waals surface area contributed by atoms with E-state index in [-0.39, 0.29) is 17.5 Å². The van der Waals surface area contributed by atoms with E-state index < -0.39 is 17.4 Å². The summed E-state index contributed by atoms with van der Waals surface area (Å²) in [5.41, 5.74) is 1.44. The maximum atomic E-state index is 13.1. The molecule has 174 valence electrons. The van der Waals surface area contributed by atoms with Gasteiger partial charge in [0, 0.05) is 23.7 Å². The molecule has 0 atom stereocenters. The first-order valence-electron chi connectivity index (χ1n) is 10.3. The summed E-state index contributed by atoms with van der Waals surface area (Å²) in [6.45, 7) is 2.40.